The normalized spacial score (nSPS) is 17.5. The highest BCUT2D eigenvalue weighted by molar-refractivity contribution is 7.89. The lowest BCUT2D eigenvalue weighted by Gasteiger charge is -2.24. The number of likely N-dealkylation sites (N-methyl/N-ethyl adjacent to an activating group) is 1. The van der Waals surface area contributed by atoms with E-state index in [2.05, 4.69) is 10.6 Å². The molecular formula is C19H31N4O5S+. The Morgan fingerprint density at radius 1 is 1.14 bits per heavy atom. The molecule has 3 N–H and O–H groups in total. The number of rotatable bonds is 7. The van der Waals surface area contributed by atoms with E-state index in [0.29, 0.717) is 24.2 Å². The average Bonchev–Trinajstić information content (AvgIpc) is 3.07. The number of benzene rings is 1. The monoisotopic (exact) mass is 427 g/mol. The summed E-state index contributed by atoms with van der Waals surface area (Å²) in [7, 11) is 0.0772. The van der Waals surface area contributed by atoms with Crippen molar-refractivity contribution < 1.29 is 27.6 Å². The lowest BCUT2D eigenvalue weighted by atomic mass is 10.1. The number of carbonyl (C=O) groups excluding carboxylic acids is 2. The molecule has 1 atom stereocenters. The third-order valence-electron chi connectivity index (χ3n) is 4.67. The molecule has 0 saturated carbocycles. The number of nitrogens with zero attached hydrogens (tertiary/aromatic N) is 1. The van der Waals surface area contributed by atoms with E-state index in [1.165, 1.54) is 4.31 Å². The van der Waals surface area contributed by atoms with Crippen molar-refractivity contribution in [2.24, 2.45) is 0 Å². The summed E-state index contributed by atoms with van der Waals surface area (Å²) >= 11 is 0. The first kappa shape index (κ1) is 23.3. The molecule has 0 unspecified atom stereocenters. The van der Waals surface area contributed by atoms with E-state index in [-0.39, 0.29) is 24.6 Å². The number of hydrogen-bond donors (Lipinski definition) is 3. The summed E-state index contributed by atoms with van der Waals surface area (Å²) in [4.78, 5) is 25.2. The zero-order valence-corrected chi connectivity index (χ0v) is 18.5. The Labute approximate surface area is 172 Å². The standard InChI is InChI=1S/C19H30N4O5S/c1-13-10-14(2)17(15(3)11-13)29(26,27)23-8-9-28-16(23)12-21-19(25)18(24)20-6-7-22(4)5/h10-11,16H,6-9,12H2,1-5H3,(H,20,24)(H,21,25)/p+1/t16-/m0/s1. The Kier molecular flexibility index (Phi) is 7.75. The van der Waals surface area contributed by atoms with Gasteiger partial charge in [0, 0.05) is 6.54 Å². The van der Waals surface area contributed by atoms with Crippen molar-refractivity contribution in [3.63, 3.8) is 0 Å². The molecule has 0 aliphatic carbocycles. The molecule has 0 spiro atoms. The molecular weight excluding hydrogens is 396 g/mol. The van der Waals surface area contributed by atoms with Crippen molar-refractivity contribution in [2.75, 3.05) is 46.9 Å². The van der Waals surface area contributed by atoms with Crippen molar-refractivity contribution in [2.45, 2.75) is 31.9 Å². The molecule has 0 bridgehead atoms. The van der Waals surface area contributed by atoms with Gasteiger partial charge in [0.05, 0.1) is 45.2 Å². The molecule has 1 aromatic rings. The first-order valence-corrected chi connectivity index (χ1v) is 11.0. The summed E-state index contributed by atoms with van der Waals surface area (Å²) in [5, 5.41) is 5.00. The molecule has 2 rings (SSSR count). The van der Waals surface area contributed by atoms with Crippen LogP contribution in [0.1, 0.15) is 16.7 Å². The molecule has 1 heterocycles. The van der Waals surface area contributed by atoms with Gasteiger partial charge >= 0.3 is 11.8 Å². The zero-order valence-electron chi connectivity index (χ0n) is 17.7. The summed E-state index contributed by atoms with van der Waals surface area (Å²) in [5.41, 5.74) is 2.32. The predicted octanol–water partition coefficient (Wildman–Crippen LogP) is -1.66. The molecule has 29 heavy (non-hydrogen) atoms. The SMILES string of the molecule is Cc1cc(C)c(S(=O)(=O)N2CCO[C@H]2CNC(=O)C(=O)NCC[NH+](C)C)c(C)c1. The van der Waals surface area contributed by atoms with Crippen molar-refractivity contribution in [1.82, 2.24) is 14.9 Å². The van der Waals surface area contributed by atoms with E-state index in [0.717, 1.165) is 10.5 Å². The van der Waals surface area contributed by atoms with Crippen LogP contribution in [0.3, 0.4) is 0 Å². The van der Waals surface area contributed by atoms with E-state index in [1.54, 1.807) is 13.8 Å². The van der Waals surface area contributed by atoms with Gasteiger partial charge in [-0.25, -0.2) is 8.42 Å². The van der Waals surface area contributed by atoms with Crippen LogP contribution in [0.4, 0.5) is 0 Å². The maximum Gasteiger partial charge on any atom is 0.309 e. The van der Waals surface area contributed by atoms with Crippen LogP contribution in [0.25, 0.3) is 0 Å². The van der Waals surface area contributed by atoms with Crippen LogP contribution in [-0.4, -0.2) is 77.6 Å². The zero-order chi connectivity index (χ0) is 21.8. The van der Waals surface area contributed by atoms with Crippen LogP contribution in [0.2, 0.25) is 0 Å². The Bertz CT molecular complexity index is 846. The van der Waals surface area contributed by atoms with Gasteiger partial charge in [-0.3, -0.25) is 9.59 Å². The number of sulfonamides is 1. The summed E-state index contributed by atoms with van der Waals surface area (Å²) in [6.45, 7) is 6.82. The smallest absolute Gasteiger partial charge is 0.309 e. The summed E-state index contributed by atoms with van der Waals surface area (Å²) in [6.07, 6.45) is -0.858. The Balaban J connectivity index is 2.05. The molecule has 2 amide bonds. The topological polar surface area (TPSA) is 109 Å². The predicted molar refractivity (Wildman–Crippen MR) is 108 cm³/mol. The van der Waals surface area contributed by atoms with E-state index in [4.69, 9.17) is 4.74 Å². The Morgan fingerprint density at radius 3 is 2.31 bits per heavy atom. The highest BCUT2D eigenvalue weighted by Crippen LogP contribution is 2.28. The number of amides is 2. The first-order chi connectivity index (χ1) is 13.5. The molecule has 1 saturated heterocycles. The molecule has 1 aliphatic rings. The highest BCUT2D eigenvalue weighted by atomic mass is 32.2. The highest BCUT2D eigenvalue weighted by Gasteiger charge is 2.38. The second-order valence-corrected chi connectivity index (χ2v) is 9.42. The van der Waals surface area contributed by atoms with Gasteiger partial charge < -0.3 is 20.3 Å². The lowest BCUT2D eigenvalue weighted by Crippen LogP contribution is -3.06. The van der Waals surface area contributed by atoms with Crippen LogP contribution in [0.5, 0.6) is 0 Å². The maximum atomic E-state index is 13.2. The van der Waals surface area contributed by atoms with Gasteiger partial charge in [0.15, 0.2) is 0 Å². The number of nitrogens with one attached hydrogen (secondary N) is 3. The summed E-state index contributed by atoms with van der Waals surface area (Å²) in [5.74, 6) is -1.56. The van der Waals surface area contributed by atoms with E-state index in [9.17, 15) is 18.0 Å². The maximum absolute atomic E-state index is 13.2. The van der Waals surface area contributed by atoms with Gasteiger partial charge in [-0.1, -0.05) is 17.7 Å². The minimum Gasteiger partial charge on any atom is -0.359 e. The largest absolute Gasteiger partial charge is 0.359 e. The minimum absolute atomic E-state index is 0.103. The van der Waals surface area contributed by atoms with Crippen LogP contribution < -0.4 is 15.5 Å². The fourth-order valence-electron chi connectivity index (χ4n) is 3.40. The fourth-order valence-corrected chi connectivity index (χ4v) is 5.33. The van der Waals surface area contributed by atoms with Crippen LogP contribution in [0, 0.1) is 20.8 Å². The quantitative estimate of drug-likeness (QED) is 0.451. The van der Waals surface area contributed by atoms with E-state index in [1.807, 2.05) is 33.2 Å². The molecule has 0 radical (unpaired) electrons. The van der Waals surface area contributed by atoms with Crippen molar-refractivity contribution in [1.29, 1.82) is 0 Å². The Hall–Kier alpha value is -2.01. The van der Waals surface area contributed by atoms with Gasteiger partial charge in [-0.05, 0) is 31.9 Å². The number of quaternary nitrogens is 1. The number of aryl methyl sites for hydroxylation is 3. The van der Waals surface area contributed by atoms with Gasteiger partial charge in [-0.2, -0.15) is 4.31 Å². The first-order valence-electron chi connectivity index (χ1n) is 9.60. The summed E-state index contributed by atoms with van der Waals surface area (Å²) < 4.78 is 33.2. The van der Waals surface area contributed by atoms with Gasteiger partial charge in [0.25, 0.3) is 0 Å². The fraction of sp³-hybridized carbons (Fsp3) is 0.579. The van der Waals surface area contributed by atoms with Gasteiger partial charge in [-0.15, -0.1) is 0 Å². The molecule has 1 fully saturated rings. The third kappa shape index (κ3) is 5.75. The number of carbonyl (C=O) groups is 2. The van der Waals surface area contributed by atoms with E-state index >= 15 is 0 Å². The second kappa shape index (κ2) is 9.66. The third-order valence-corrected chi connectivity index (χ3v) is 6.86. The molecule has 162 valence electrons. The molecule has 10 heteroatoms. The number of ether oxygens (including phenoxy) is 1. The van der Waals surface area contributed by atoms with Crippen LogP contribution in [0.15, 0.2) is 17.0 Å². The average molecular weight is 428 g/mol. The Morgan fingerprint density at radius 2 is 1.72 bits per heavy atom. The van der Waals surface area contributed by atoms with Crippen molar-refractivity contribution >= 4 is 21.8 Å². The summed E-state index contributed by atoms with van der Waals surface area (Å²) in [6, 6.07) is 3.65. The molecule has 1 aliphatic heterocycles. The molecule has 9 nitrogen and oxygen atoms in total. The lowest BCUT2D eigenvalue weighted by molar-refractivity contribution is -0.856. The van der Waals surface area contributed by atoms with Crippen LogP contribution >= 0.6 is 0 Å². The van der Waals surface area contributed by atoms with Crippen molar-refractivity contribution in [3.8, 4) is 0 Å². The van der Waals surface area contributed by atoms with Crippen LogP contribution in [-0.2, 0) is 24.3 Å². The number of hydrogen-bond acceptors (Lipinski definition) is 5. The van der Waals surface area contributed by atoms with Gasteiger partial charge in [0.2, 0.25) is 10.0 Å². The van der Waals surface area contributed by atoms with E-state index < -0.39 is 28.1 Å². The molecule has 1 aromatic carbocycles. The van der Waals surface area contributed by atoms with Crippen molar-refractivity contribution in [3.05, 3.63) is 28.8 Å². The second-order valence-electron chi connectivity index (χ2n) is 7.59. The molecule has 0 aromatic heterocycles. The van der Waals surface area contributed by atoms with Gasteiger partial charge in [0.1, 0.15) is 6.23 Å². The minimum atomic E-state index is -3.80.